The number of ether oxygens (including phenoxy) is 1. The summed E-state index contributed by atoms with van der Waals surface area (Å²) in [6, 6.07) is 16.5. The Hall–Kier alpha value is -3.45. The van der Waals surface area contributed by atoms with E-state index in [4.69, 9.17) is 4.74 Å². The second kappa shape index (κ2) is 8.12. The standard InChI is InChI=1S/C23H17BrN2O4/c1-30-18-6-2-4-15(12-18)20-19(21(27)14-7-9-16(24)10-8-14)22(28)23(29)26(20)17-5-3-11-25-13-17/h2-13,20,27H,1H3/t20-/m0/s1. The molecule has 1 saturated heterocycles. The zero-order valence-electron chi connectivity index (χ0n) is 15.9. The fraction of sp³-hybridized carbons (Fsp3) is 0.0870. The lowest BCUT2D eigenvalue weighted by Crippen LogP contribution is -2.29. The number of amides is 1. The van der Waals surface area contributed by atoms with Gasteiger partial charge in [0.2, 0.25) is 0 Å². The van der Waals surface area contributed by atoms with Gasteiger partial charge in [-0.1, -0.05) is 40.2 Å². The minimum absolute atomic E-state index is 0.0134. The zero-order valence-corrected chi connectivity index (χ0v) is 17.5. The van der Waals surface area contributed by atoms with Crippen molar-refractivity contribution in [2.75, 3.05) is 12.0 Å². The Kier molecular flexibility index (Phi) is 5.37. The van der Waals surface area contributed by atoms with E-state index in [0.717, 1.165) is 4.47 Å². The predicted molar refractivity (Wildman–Crippen MR) is 116 cm³/mol. The average molecular weight is 465 g/mol. The Morgan fingerprint density at radius 1 is 1.10 bits per heavy atom. The van der Waals surface area contributed by atoms with Gasteiger partial charge >= 0.3 is 0 Å². The topological polar surface area (TPSA) is 79.7 Å². The van der Waals surface area contributed by atoms with Gasteiger partial charge in [0.1, 0.15) is 11.5 Å². The summed E-state index contributed by atoms with van der Waals surface area (Å²) in [5.41, 5.74) is 1.55. The third-order valence-corrected chi connectivity index (χ3v) is 5.42. The smallest absolute Gasteiger partial charge is 0.300 e. The SMILES string of the molecule is COc1cccc([C@H]2C(=C(O)c3ccc(Br)cc3)C(=O)C(=O)N2c2cccnc2)c1. The number of carbonyl (C=O) groups is 2. The molecule has 150 valence electrons. The molecule has 1 amide bonds. The number of hydrogen-bond donors (Lipinski definition) is 1. The first-order valence-electron chi connectivity index (χ1n) is 9.12. The van der Waals surface area contributed by atoms with E-state index in [0.29, 0.717) is 22.6 Å². The summed E-state index contributed by atoms with van der Waals surface area (Å²) in [6.45, 7) is 0. The monoisotopic (exact) mass is 464 g/mol. The van der Waals surface area contributed by atoms with Crippen LogP contribution in [0.2, 0.25) is 0 Å². The van der Waals surface area contributed by atoms with Crippen molar-refractivity contribution in [3.8, 4) is 5.75 Å². The number of aromatic nitrogens is 1. The van der Waals surface area contributed by atoms with Gasteiger partial charge in [-0.25, -0.2) is 0 Å². The number of aliphatic hydroxyl groups is 1. The van der Waals surface area contributed by atoms with E-state index in [1.807, 2.05) is 0 Å². The summed E-state index contributed by atoms with van der Waals surface area (Å²) in [5.74, 6) is -1.14. The number of rotatable bonds is 4. The molecule has 0 saturated carbocycles. The quantitative estimate of drug-likeness (QED) is 0.349. The van der Waals surface area contributed by atoms with E-state index in [1.54, 1.807) is 74.0 Å². The number of halogens is 1. The molecular weight excluding hydrogens is 448 g/mol. The summed E-state index contributed by atoms with van der Waals surface area (Å²) in [6.07, 6.45) is 3.10. The number of pyridine rings is 1. The van der Waals surface area contributed by atoms with E-state index in [2.05, 4.69) is 20.9 Å². The maximum atomic E-state index is 13.0. The van der Waals surface area contributed by atoms with Crippen molar-refractivity contribution in [3.05, 3.63) is 94.2 Å². The maximum absolute atomic E-state index is 13.0. The van der Waals surface area contributed by atoms with Gasteiger partial charge in [0.15, 0.2) is 0 Å². The van der Waals surface area contributed by atoms with Crippen LogP contribution in [0.3, 0.4) is 0 Å². The second-order valence-corrected chi connectivity index (χ2v) is 7.58. The Morgan fingerprint density at radius 2 is 1.87 bits per heavy atom. The number of nitrogens with zero attached hydrogens (tertiary/aromatic N) is 2. The second-order valence-electron chi connectivity index (χ2n) is 6.66. The van der Waals surface area contributed by atoms with Gasteiger partial charge in [0.05, 0.1) is 30.6 Å². The number of benzene rings is 2. The number of ketones is 1. The lowest BCUT2D eigenvalue weighted by atomic mass is 9.95. The molecule has 2 heterocycles. The molecule has 30 heavy (non-hydrogen) atoms. The number of aliphatic hydroxyl groups excluding tert-OH is 1. The van der Waals surface area contributed by atoms with Gasteiger partial charge in [0.25, 0.3) is 11.7 Å². The van der Waals surface area contributed by atoms with Gasteiger partial charge in [-0.2, -0.15) is 0 Å². The molecule has 1 N–H and O–H groups in total. The van der Waals surface area contributed by atoms with Gasteiger partial charge in [-0.15, -0.1) is 0 Å². The summed E-state index contributed by atoms with van der Waals surface area (Å²) >= 11 is 3.36. The van der Waals surface area contributed by atoms with Crippen LogP contribution in [0.15, 0.2) is 83.1 Å². The molecule has 1 aromatic heterocycles. The molecule has 1 fully saturated rings. The lowest BCUT2D eigenvalue weighted by Gasteiger charge is -2.25. The molecule has 1 aliphatic heterocycles. The van der Waals surface area contributed by atoms with Crippen LogP contribution in [0.25, 0.3) is 5.76 Å². The molecule has 1 aliphatic rings. The van der Waals surface area contributed by atoms with Crippen LogP contribution in [0, 0.1) is 0 Å². The molecule has 6 nitrogen and oxygen atoms in total. The van der Waals surface area contributed by atoms with E-state index in [-0.39, 0.29) is 11.3 Å². The van der Waals surface area contributed by atoms with Crippen LogP contribution in [0.4, 0.5) is 5.69 Å². The van der Waals surface area contributed by atoms with Crippen LogP contribution in [0.5, 0.6) is 5.75 Å². The number of Topliss-reactive ketones (excluding diaryl/α,β-unsaturated/α-hetero) is 1. The highest BCUT2D eigenvalue weighted by Gasteiger charge is 2.47. The summed E-state index contributed by atoms with van der Waals surface area (Å²) in [4.78, 5) is 31.5. The van der Waals surface area contributed by atoms with Crippen molar-refractivity contribution in [1.29, 1.82) is 0 Å². The Morgan fingerprint density at radius 3 is 2.53 bits per heavy atom. The van der Waals surface area contributed by atoms with Gasteiger partial charge < -0.3 is 9.84 Å². The maximum Gasteiger partial charge on any atom is 0.300 e. The predicted octanol–water partition coefficient (Wildman–Crippen LogP) is 4.48. The number of hydrogen-bond acceptors (Lipinski definition) is 5. The average Bonchev–Trinajstić information content (AvgIpc) is 3.05. The summed E-state index contributed by atoms with van der Waals surface area (Å²) < 4.78 is 6.15. The molecule has 0 unspecified atom stereocenters. The normalized spacial score (nSPS) is 17.9. The van der Waals surface area contributed by atoms with E-state index < -0.39 is 17.7 Å². The molecule has 3 aromatic rings. The largest absolute Gasteiger partial charge is 0.507 e. The highest BCUT2D eigenvalue weighted by atomic mass is 79.9. The lowest BCUT2D eigenvalue weighted by molar-refractivity contribution is -0.132. The molecule has 0 radical (unpaired) electrons. The molecule has 0 aliphatic carbocycles. The highest BCUT2D eigenvalue weighted by molar-refractivity contribution is 9.10. The minimum atomic E-state index is -0.826. The minimum Gasteiger partial charge on any atom is -0.507 e. The van der Waals surface area contributed by atoms with Crippen molar-refractivity contribution in [2.24, 2.45) is 0 Å². The van der Waals surface area contributed by atoms with Gasteiger partial charge in [-0.05, 0) is 42.0 Å². The van der Waals surface area contributed by atoms with E-state index >= 15 is 0 Å². The summed E-state index contributed by atoms with van der Waals surface area (Å²) in [7, 11) is 1.54. The van der Waals surface area contributed by atoms with Gasteiger partial charge in [0, 0.05) is 16.2 Å². The van der Waals surface area contributed by atoms with Crippen molar-refractivity contribution in [3.63, 3.8) is 0 Å². The fourth-order valence-corrected chi connectivity index (χ4v) is 3.75. The van der Waals surface area contributed by atoms with Crippen LogP contribution < -0.4 is 9.64 Å². The Labute approximate surface area is 181 Å². The third-order valence-electron chi connectivity index (χ3n) is 4.90. The van der Waals surface area contributed by atoms with Crippen molar-refractivity contribution >= 4 is 39.1 Å². The molecule has 7 heteroatoms. The van der Waals surface area contributed by atoms with Crippen LogP contribution in [0.1, 0.15) is 17.2 Å². The summed E-state index contributed by atoms with van der Waals surface area (Å²) in [5, 5.41) is 11.0. The number of carbonyl (C=O) groups excluding carboxylic acids is 2. The third kappa shape index (κ3) is 3.48. The van der Waals surface area contributed by atoms with E-state index in [9.17, 15) is 14.7 Å². The van der Waals surface area contributed by atoms with Crippen LogP contribution in [-0.2, 0) is 9.59 Å². The molecule has 0 spiro atoms. The molecular formula is C23H17BrN2O4. The van der Waals surface area contributed by atoms with Gasteiger partial charge in [-0.3, -0.25) is 19.5 Å². The molecule has 1 atom stereocenters. The number of anilines is 1. The first-order chi connectivity index (χ1) is 14.5. The first kappa shape index (κ1) is 19.8. The molecule has 2 aromatic carbocycles. The molecule has 0 bridgehead atoms. The Bertz CT molecular complexity index is 1140. The Balaban J connectivity index is 1.95. The molecule has 4 rings (SSSR count). The van der Waals surface area contributed by atoms with E-state index in [1.165, 1.54) is 11.1 Å². The first-order valence-corrected chi connectivity index (χ1v) is 9.91. The van der Waals surface area contributed by atoms with Crippen LogP contribution >= 0.6 is 15.9 Å². The van der Waals surface area contributed by atoms with Crippen LogP contribution in [-0.4, -0.2) is 28.9 Å². The van der Waals surface area contributed by atoms with Crippen molar-refractivity contribution < 1.29 is 19.4 Å². The van der Waals surface area contributed by atoms with Crippen molar-refractivity contribution in [2.45, 2.75) is 6.04 Å². The fourth-order valence-electron chi connectivity index (χ4n) is 3.49. The zero-order chi connectivity index (χ0) is 21.3. The number of methoxy groups -OCH3 is 1. The highest BCUT2D eigenvalue weighted by Crippen LogP contribution is 2.42. The van der Waals surface area contributed by atoms with Crippen molar-refractivity contribution in [1.82, 2.24) is 4.98 Å².